The van der Waals surface area contributed by atoms with Gasteiger partial charge in [0.15, 0.2) is 0 Å². The Hall–Kier alpha value is -0.710. The van der Waals surface area contributed by atoms with Crippen LogP contribution in [0.4, 0.5) is 4.39 Å². The van der Waals surface area contributed by atoms with E-state index >= 15 is 0 Å². The molecular formula is C6H9FN2O. The molecule has 1 atom stereocenters. The normalized spacial score (nSPS) is 30.0. The summed E-state index contributed by atoms with van der Waals surface area (Å²) < 4.78 is 12.6. The lowest BCUT2D eigenvalue weighted by Crippen LogP contribution is -2.49. The van der Waals surface area contributed by atoms with Crippen molar-refractivity contribution in [3.8, 4) is 0 Å². The first-order chi connectivity index (χ1) is 4.52. The second-order valence-electron chi connectivity index (χ2n) is 2.30. The first-order valence-electron chi connectivity index (χ1n) is 2.85. The van der Waals surface area contributed by atoms with Crippen molar-refractivity contribution < 1.29 is 9.50 Å². The lowest BCUT2D eigenvalue weighted by atomic mass is 10.0. The number of hydrogen-bond acceptors (Lipinski definition) is 3. The monoisotopic (exact) mass is 144 g/mol. The summed E-state index contributed by atoms with van der Waals surface area (Å²) in [6.07, 6.45) is 2.64. The molecule has 0 aromatic carbocycles. The highest BCUT2D eigenvalue weighted by atomic mass is 19.1. The number of hydrogen-bond donors (Lipinski definition) is 3. The molecule has 4 heteroatoms. The molecule has 1 aliphatic carbocycles. The van der Waals surface area contributed by atoms with E-state index in [1.165, 1.54) is 12.2 Å². The van der Waals surface area contributed by atoms with Gasteiger partial charge in [0.05, 0.1) is 6.10 Å². The molecule has 10 heavy (non-hydrogen) atoms. The van der Waals surface area contributed by atoms with Crippen molar-refractivity contribution in [2.45, 2.75) is 11.8 Å². The van der Waals surface area contributed by atoms with Gasteiger partial charge in [0, 0.05) is 0 Å². The molecule has 0 aromatic rings. The quantitative estimate of drug-likeness (QED) is 0.313. The Bertz CT molecular complexity index is 198. The predicted molar refractivity (Wildman–Crippen MR) is 35.4 cm³/mol. The lowest BCUT2D eigenvalue weighted by Gasteiger charge is -2.22. The van der Waals surface area contributed by atoms with Crippen LogP contribution in [0.1, 0.15) is 0 Å². The molecule has 0 amide bonds. The van der Waals surface area contributed by atoms with Gasteiger partial charge < -0.3 is 16.6 Å². The highest BCUT2D eigenvalue weighted by molar-refractivity contribution is 5.28. The summed E-state index contributed by atoms with van der Waals surface area (Å²) in [6, 6.07) is 0. The van der Waals surface area contributed by atoms with Crippen LogP contribution >= 0.6 is 0 Å². The molecule has 5 N–H and O–H groups in total. The fourth-order valence-electron chi connectivity index (χ4n) is 0.687. The summed E-state index contributed by atoms with van der Waals surface area (Å²) >= 11 is 0. The third kappa shape index (κ3) is 1.23. The van der Waals surface area contributed by atoms with E-state index in [2.05, 4.69) is 0 Å². The van der Waals surface area contributed by atoms with Crippen LogP contribution in [-0.2, 0) is 0 Å². The average Bonchev–Trinajstić information content (AvgIpc) is 1.81. The van der Waals surface area contributed by atoms with Crippen LogP contribution in [0.15, 0.2) is 24.1 Å². The Balaban J connectivity index is 2.87. The number of aliphatic hydroxyl groups is 1. The predicted octanol–water partition coefficient (Wildman–Crippen LogP) is -0.616. The van der Waals surface area contributed by atoms with Crippen molar-refractivity contribution in [1.29, 1.82) is 0 Å². The molecule has 0 saturated heterocycles. The fourth-order valence-corrected chi connectivity index (χ4v) is 0.687. The van der Waals surface area contributed by atoms with E-state index in [0.29, 0.717) is 0 Å². The first kappa shape index (κ1) is 7.40. The molecule has 0 aliphatic heterocycles. The van der Waals surface area contributed by atoms with E-state index in [-0.39, 0.29) is 0 Å². The molecule has 3 nitrogen and oxygen atoms in total. The minimum absolute atomic E-state index is 0.706. The second-order valence-corrected chi connectivity index (χ2v) is 2.30. The number of halogens is 1. The van der Waals surface area contributed by atoms with Gasteiger partial charge in [0.1, 0.15) is 11.5 Å². The van der Waals surface area contributed by atoms with E-state index in [0.717, 1.165) is 6.08 Å². The van der Waals surface area contributed by atoms with E-state index in [9.17, 15) is 4.39 Å². The maximum Gasteiger partial charge on any atom is 0.137 e. The van der Waals surface area contributed by atoms with Crippen molar-refractivity contribution >= 4 is 0 Å². The van der Waals surface area contributed by atoms with Crippen molar-refractivity contribution in [3.05, 3.63) is 24.1 Å². The standard InChI is InChI=1S/C6H9FN2O/c7-5-3-4(10)1-2-6(5,8)9/h1-4,10H,8-9H2. The zero-order valence-electron chi connectivity index (χ0n) is 5.29. The summed E-state index contributed by atoms with van der Waals surface area (Å²) in [5, 5.41) is 8.80. The molecule has 0 bridgehead atoms. The molecule has 1 aliphatic rings. The largest absolute Gasteiger partial charge is 0.385 e. The van der Waals surface area contributed by atoms with Crippen LogP contribution in [0.2, 0.25) is 0 Å². The Morgan fingerprint density at radius 3 is 2.60 bits per heavy atom. The molecular weight excluding hydrogens is 135 g/mol. The minimum atomic E-state index is -1.53. The first-order valence-corrected chi connectivity index (χ1v) is 2.85. The van der Waals surface area contributed by atoms with Gasteiger partial charge in [-0.05, 0) is 12.2 Å². The van der Waals surface area contributed by atoms with E-state index in [4.69, 9.17) is 16.6 Å². The minimum Gasteiger partial charge on any atom is -0.385 e. The summed E-state index contributed by atoms with van der Waals surface area (Å²) in [7, 11) is 0. The molecule has 56 valence electrons. The third-order valence-electron chi connectivity index (χ3n) is 1.30. The van der Waals surface area contributed by atoms with E-state index < -0.39 is 17.6 Å². The average molecular weight is 144 g/mol. The maximum absolute atomic E-state index is 12.6. The topological polar surface area (TPSA) is 72.3 Å². The van der Waals surface area contributed by atoms with Gasteiger partial charge in [-0.1, -0.05) is 6.08 Å². The highest BCUT2D eigenvalue weighted by Crippen LogP contribution is 2.17. The molecule has 0 fully saturated rings. The molecule has 1 unspecified atom stereocenters. The Morgan fingerprint density at radius 2 is 2.20 bits per heavy atom. The van der Waals surface area contributed by atoms with Gasteiger partial charge in [-0.25, -0.2) is 4.39 Å². The Kier molecular flexibility index (Phi) is 1.60. The van der Waals surface area contributed by atoms with Crippen molar-refractivity contribution in [3.63, 3.8) is 0 Å². The SMILES string of the molecule is NC1(N)C=CC(O)C=C1F. The van der Waals surface area contributed by atoms with Gasteiger partial charge in [-0.15, -0.1) is 0 Å². The molecule has 0 heterocycles. The third-order valence-corrected chi connectivity index (χ3v) is 1.30. The van der Waals surface area contributed by atoms with Crippen LogP contribution in [0.5, 0.6) is 0 Å². The van der Waals surface area contributed by atoms with Crippen molar-refractivity contribution in [2.24, 2.45) is 11.5 Å². The van der Waals surface area contributed by atoms with Gasteiger partial charge in [0.2, 0.25) is 0 Å². The number of aliphatic hydroxyl groups excluding tert-OH is 1. The summed E-state index contributed by atoms with van der Waals surface area (Å²) in [6.45, 7) is 0. The number of rotatable bonds is 0. The summed E-state index contributed by atoms with van der Waals surface area (Å²) in [4.78, 5) is 0. The van der Waals surface area contributed by atoms with Crippen molar-refractivity contribution in [1.82, 2.24) is 0 Å². The summed E-state index contributed by atoms with van der Waals surface area (Å²) in [5.41, 5.74) is 8.91. The molecule has 0 aromatic heterocycles. The second kappa shape index (κ2) is 2.16. The maximum atomic E-state index is 12.6. The van der Waals surface area contributed by atoms with Gasteiger partial charge >= 0.3 is 0 Å². The lowest BCUT2D eigenvalue weighted by molar-refractivity contribution is 0.258. The summed E-state index contributed by atoms with van der Waals surface area (Å²) in [5.74, 6) is -0.706. The van der Waals surface area contributed by atoms with Gasteiger partial charge in [0.25, 0.3) is 0 Å². The smallest absolute Gasteiger partial charge is 0.137 e. The Labute approximate surface area is 57.8 Å². The zero-order valence-corrected chi connectivity index (χ0v) is 5.29. The highest BCUT2D eigenvalue weighted by Gasteiger charge is 2.25. The molecule has 0 spiro atoms. The fraction of sp³-hybridized carbons (Fsp3) is 0.333. The van der Waals surface area contributed by atoms with Gasteiger partial charge in [-0.3, -0.25) is 0 Å². The van der Waals surface area contributed by atoms with Gasteiger partial charge in [-0.2, -0.15) is 0 Å². The van der Waals surface area contributed by atoms with Crippen LogP contribution in [0.25, 0.3) is 0 Å². The van der Waals surface area contributed by atoms with E-state index in [1.54, 1.807) is 0 Å². The van der Waals surface area contributed by atoms with Crippen molar-refractivity contribution in [2.75, 3.05) is 0 Å². The van der Waals surface area contributed by atoms with Crippen LogP contribution in [-0.4, -0.2) is 16.9 Å². The van der Waals surface area contributed by atoms with E-state index in [1.807, 2.05) is 0 Å². The van der Waals surface area contributed by atoms with Crippen LogP contribution < -0.4 is 11.5 Å². The van der Waals surface area contributed by atoms with Crippen LogP contribution in [0.3, 0.4) is 0 Å². The van der Waals surface area contributed by atoms with Crippen LogP contribution in [0, 0.1) is 0 Å². The molecule has 0 saturated carbocycles. The molecule has 0 radical (unpaired) electrons. The number of nitrogens with two attached hydrogens (primary N) is 2. The zero-order chi connectivity index (χ0) is 7.78. The Morgan fingerprint density at radius 1 is 1.60 bits per heavy atom. The molecule has 1 rings (SSSR count).